The lowest BCUT2D eigenvalue weighted by Gasteiger charge is -2.21. The highest BCUT2D eigenvalue weighted by atomic mass is 16.2. The van der Waals surface area contributed by atoms with E-state index in [2.05, 4.69) is 26.0 Å². The van der Waals surface area contributed by atoms with Crippen LogP contribution in [-0.4, -0.2) is 11.7 Å². The van der Waals surface area contributed by atoms with Gasteiger partial charge in [-0.15, -0.1) is 0 Å². The van der Waals surface area contributed by atoms with Crippen molar-refractivity contribution in [2.75, 3.05) is 6.61 Å². The zero-order valence-corrected chi connectivity index (χ0v) is 8.71. The van der Waals surface area contributed by atoms with E-state index in [0.717, 1.165) is 12.3 Å². The van der Waals surface area contributed by atoms with Gasteiger partial charge in [0.15, 0.2) is 0 Å². The van der Waals surface area contributed by atoms with E-state index in [0.29, 0.717) is 0 Å². The Hall–Kier alpha value is -0.560. The molecule has 1 aliphatic rings. The van der Waals surface area contributed by atoms with Crippen LogP contribution in [0, 0.1) is 5.92 Å². The van der Waals surface area contributed by atoms with Crippen LogP contribution in [0.3, 0.4) is 0 Å². The highest BCUT2D eigenvalue weighted by Crippen LogP contribution is 2.28. The van der Waals surface area contributed by atoms with Gasteiger partial charge in [0.2, 0.25) is 0 Å². The summed E-state index contributed by atoms with van der Waals surface area (Å²) in [5, 5.41) is 8.70. The molecule has 13 heavy (non-hydrogen) atoms. The number of allylic oxidation sites excluding steroid dienone is 3. The minimum atomic E-state index is 0.277. The van der Waals surface area contributed by atoms with Crippen molar-refractivity contribution in [3.63, 3.8) is 0 Å². The standard InChI is InChI=1S/C12H20O/c1-10-5-7-12(8-6-10)11(2)4-3-9-13/h4-5,12-13H,3,6-9H2,1-2H3/b11-4+. The number of hydrogen-bond acceptors (Lipinski definition) is 1. The Kier molecular flexibility index (Phi) is 4.23. The molecule has 0 amide bonds. The van der Waals surface area contributed by atoms with Gasteiger partial charge in [0.25, 0.3) is 0 Å². The fourth-order valence-corrected chi connectivity index (χ4v) is 1.84. The normalized spacial score (nSPS) is 24.4. The molecule has 1 atom stereocenters. The predicted octanol–water partition coefficient (Wildman–Crippen LogP) is 3.06. The highest BCUT2D eigenvalue weighted by Gasteiger charge is 2.13. The van der Waals surface area contributed by atoms with Crippen molar-refractivity contribution in [1.82, 2.24) is 0 Å². The zero-order valence-electron chi connectivity index (χ0n) is 8.71. The lowest BCUT2D eigenvalue weighted by Crippen LogP contribution is -2.06. The van der Waals surface area contributed by atoms with E-state index >= 15 is 0 Å². The number of aliphatic hydroxyl groups is 1. The van der Waals surface area contributed by atoms with E-state index in [-0.39, 0.29) is 6.61 Å². The Balaban J connectivity index is 2.45. The Morgan fingerprint density at radius 1 is 1.69 bits per heavy atom. The molecule has 0 saturated heterocycles. The van der Waals surface area contributed by atoms with Crippen molar-refractivity contribution in [1.29, 1.82) is 0 Å². The average Bonchev–Trinajstić information content (AvgIpc) is 2.15. The van der Waals surface area contributed by atoms with Crippen LogP contribution < -0.4 is 0 Å². The average molecular weight is 180 g/mol. The maximum atomic E-state index is 8.70. The fourth-order valence-electron chi connectivity index (χ4n) is 1.84. The summed E-state index contributed by atoms with van der Waals surface area (Å²) in [6, 6.07) is 0. The summed E-state index contributed by atoms with van der Waals surface area (Å²) in [6.07, 6.45) is 9.07. The van der Waals surface area contributed by atoms with Crippen LogP contribution in [0.25, 0.3) is 0 Å². The molecule has 1 unspecified atom stereocenters. The Bertz CT molecular complexity index is 213. The smallest absolute Gasteiger partial charge is 0.0465 e. The Labute approximate surface area is 81.2 Å². The maximum absolute atomic E-state index is 8.70. The Morgan fingerprint density at radius 3 is 3.00 bits per heavy atom. The van der Waals surface area contributed by atoms with Crippen molar-refractivity contribution in [2.24, 2.45) is 5.92 Å². The topological polar surface area (TPSA) is 20.2 Å². The van der Waals surface area contributed by atoms with Crippen LogP contribution in [0.4, 0.5) is 0 Å². The molecule has 1 N–H and O–H groups in total. The maximum Gasteiger partial charge on any atom is 0.0465 e. The second kappa shape index (κ2) is 5.23. The summed E-state index contributed by atoms with van der Waals surface area (Å²) in [4.78, 5) is 0. The summed E-state index contributed by atoms with van der Waals surface area (Å²) >= 11 is 0. The lowest BCUT2D eigenvalue weighted by molar-refractivity contribution is 0.302. The molecule has 0 aromatic carbocycles. The first kappa shape index (κ1) is 10.5. The molecule has 0 radical (unpaired) electrons. The fraction of sp³-hybridized carbons (Fsp3) is 0.667. The van der Waals surface area contributed by atoms with Crippen molar-refractivity contribution in [2.45, 2.75) is 39.5 Å². The van der Waals surface area contributed by atoms with Gasteiger partial charge in [-0.3, -0.25) is 0 Å². The Morgan fingerprint density at radius 2 is 2.46 bits per heavy atom. The molecule has 1 heteroatoms. The van der Waals surface area contributed by atoms with Gasteiger partial charge in [-0.2, -0.15) is 0 Å². The van der Waals surface area contributed by atoms with E-state index in [4.69, 9.17) is 5.11 Å². The molecule has 1 aliphatic carbocycles. The van der Waals surface area contributed by atoms with Gasteiger partial charge < -0.3 is 5.11 Å². The minimum absolute atomic E-state index is 0.277. The van der Waals surface area contributed by atoms with Crippen LogP contribution in [0.15, 0.2) is 23.3 Å². The summed E-state index contributed by atoms with van der Waals surface area (Å²) in [5.74, 6) is 0.732. The third-order valence-corrected chi connectivity index (χ3v) is 2.88. The molecular weight excluding hydrogens is 160 g/mol. The van der Waals surface area contributed by atoms with E-state index < -0.39 is 0 Å². The van der Waals surface area contributed by atoms with E-state index in [1.807, 2.05) is 0 Å². The van der Waals surface area contributed by atoms with Gasteiger partial charge in [0.05, 0.1) is 0 Å². The number of aliphatic hydroxyl groups excluding tert-OH is 1. The van der Waals surface area contributed by atoms with Crippen molar-refractivity contribution >= 4 is 0 Å². The van der Waals surface area contributed by atoms with E-state index in [1.165, 1.54) is 30.4 Å². The lowest BCUT2D eigenvalue weighted by atomic mass is 9.85. The van der Waals surface area contributed by atoms with Gasteiger partial charge in [0, 0.05) is 6.61 Å². The first-order valence-corrected chi connectivity index (χ1v) is 5.17. The molecule has 0 bridgehead atoms. The van der Waals surface area contributed by atoms with Crippen molar-refractivity contribution < 1.29 is 5.11 Å². The monoisotopic (exact) mass is 180 g/mol. The molecule has 0 aromatic heterocycles. The molecule has 0 fully saturated rings. The van der Waals surface area contributed by atoms with Crippen LogP contribution in [0.5, 0.6) is 0 Å². The SMILES string of the molecule is CC1=CCC(/C(C)=C/CCO)CC1. The molecular formula is C12H20O. The van der Waals surface area contributed by atoms with Gasteiger partial charge in [-0.1, -0.05) is 23.3 Å². The van der Waals surface area contributed by atoms with Gasteiger partial charge >= 0.3 is 0 Å². The summed E-state index contributed by atoms with van der Waals surface area (Å²) in [6.45, 7) is 4.68. The minimum Gasteiger partial charge on any atom is -0.396 e. The number of rotatable bonds is 3. The van der Waals surface area contributed by atoms with Gasteiger partial charge in [0.1, 0.15) is 0 Å². The summed E-state index contributed by atoms with van der Waals surface area (Å²) in [7, 11) is 0. The molecule has 0 heterocycles. The van der Waals surface area contributed by atoms with E-state index in [1.54, 1.807) is 0 Å². The molecule has 0 spiro atoms. The zero-order chi connectivity index (χ0) is 9.68. The summed E-state index contributed by atoms with van der Waals surface area (Å²) < 4.78 is 0. The van der Waals surface area contributed by atoms with Crippen LogP contribution in [0.2, 0.25) is 0 Å². The third-order valence-electron chi connectivity index (χ3n) is 2.88. The third kappa shape index (κ3) is 3.35. The second-order valence-electron chi connectivity index (χ2n) is 3.98. The quantitative estimate of drug-likeness (QED) is 0.662. The first-order valence-electron chi connectivity index (χ1n) is 5.17. The van der Waals surface area contributed by atoms with Gasteiger partial charge in [-0.05, 0) is 45.4 Å². The number of hydrogen-bond donors (Lipinski definition) is 1. The molecule has 1 rings (SSSR count). The van der Waals surface area contributed by atoms with Crippen LogP contribution >= 0.6 is 0 Å². The van der Waals surface area contributed by atoms with Crippen molar-refractivity contribution in [3.8, 4) is 0 Å². The van der Waals surface area contributed by atoms with E-state index in [9.17, 15) is 0 Å². The van der Waals surface area contributed by atoms with Gasteiger partial charge in [-0.25, -0.2) is 0 Å². The predicted molar refractivity (Wildman–Crippen MR) is 56.6 cm³/mol. The molecule has 0 aliphatic heterocycles. The largest absolute Gasteiger partial charge is 0.396 e. The molecule has 0 saturated carbocycles. The summed E-state index contributed by atoms with van der Waals surface area (Å²) in [5.41, 5.74) is 2.99. The first-order chi connectivity index (χ1) is 6.24. The molecule has 1 nitrogen and oxygen atoms in total. The molecule has 74 valence electrons. The second-order valence-corrected chi connectivity index (χ2v) is 3.98. The highest BCUT2D eigenvalue weighted by molar-refractivity contribution is 5.12. The molecule has 0 aromatic rings. The van der Waals surface area contributed by atoms with Crippen LogP contribution in [0.1, 0.15) is 39.5 Å². The van der Waals surface area contributed by atoms with Crippen LogP contribution in [-0.2, 0) is 0 Å². The van der Waals surface area contributed by atoms with Crippen molar-refractivity contribution in [3.05, 3.63) is 23.3 Å².